The second kappa shape index (κ2) is 6.34. The molecule has 4 N–H and O–H groups in total. The Hall–Kier alpha value is -0.630. The third-order valence-electron chi connectivity index (χ3n) is 2.86. The van der Waals surface area contributed by atoms with E-state index in [1.807, 2.05) is 13.8 Å². The molecule has 0 unspecified atom stereocenters. The highest BCUT2D eigenvalue weighted by Crippen LogP contribution is 2.17. The van der Waals surface area contributed by atoms with Crippen molar-refractivity contribution in [1.29, 1.82) is 0 Å². The van der Waals surface area contributed by atoms with Gasteiger partial charge in [0.1, 0.15) is 0 Å². The Morgan fingerprint density at radius 1 is 1.47 bits per heavy atom. The van der Waals surface area contributed by atoms with Crippen molar-refractivity contribution in [2.24, 2.45) is 5.73 Å². The van der Waals surface area contributed by atoms with E-state index in [2.05, 4.69) is 14.7 Å². The normalized spacial score (nSPS) is 12.2. The van der Waals surface area contributed by atoms with E-state index in [1.54, 1.807) is 0 Å². The van der Waals surface area contributed by atoms with Crippen molar-refractivity contribution >= 4 is 22.4 Å². The molecule has 0 aliphatic carbocycles. The topological polar surface area (TPSA) is 101 Å². The molecule has 100 valence electrons. The first-order chi connectivity index (χ1) is 7.49. The van der Waals surface area contributed by atoms with Gasteiger partial charge in [-0.2, -0.15) is 0 Å². The fourth-order valence-electron chi connectivity index (χ4n) is 1.45. The molecule has 1 heterocycles. The van der Waals surface area contributed by atoms with Gasteiger partial charge in [0, 0.05) is 12.1 Å². The maximum atomic E-state index is 11.9. The van der Waals surface area contributed by atoms with Gasteiger partial charge >= 0.3 is 0 Å². The van der Waals surface area contributed by atoms with Crippen molar-refractivity contribution in [3.8, 4) is 0 Å². The van der Waals surface area contributed by atoms with E-state index in [0.29, 0.717) is 12.8 Å². The highest BCUT2D eigenvalue weighted by Gasteiger charge is 2.31. The summed E-state index contributed by atoms with van der Waals surface area (Å²) in [6.45, 7) is 4.09. The average molecular weight is 283 g/mol. The zero-order valence-electron chi connectivity index (χ0n) is 9.93. The number of nitrogens with zero attached hydrogens (tertiary/aromatic N) is 1. The second-order valence-electron chi connectivity index (χ2n) is 3.71. The summed E-state index contributed by atoms with van der Waals surface area (Å²) in [5.74, 6) is 0. The van der Waals surface area contributed by atoms with Crippen LogP contribution in [0.3, 0.4) is 0 Å². The van der Waals surface area contributed by atoms with Crippen molar-refractivity contribution in [2.75, 3.05) is 6.54 Å². The molecular weight excluding hydrogens is 264 g/mol. The number of sulfonamides is 1. The van der Waals surface area contributed by atoms with E-state index in [-0.39, 0.29) is 24.0 Å². The second-order valence-corrected chi connectivity index (χ2v) is 5.36. The number of hydrogen-bond donors (Lipinski definition) is 3. The lowest BCUT2D eigenvalue weighted by molar-refractivity contribution is 0.362. The summed E-state index contributed by atoms with van der Waals surface area (Å²) >= 11 is 0. The largest absolute Gasteiger partial charge is 0.335 e. The van der Waals surface area contributed by atoms with Crippen LogP contribution in [0.1, 0.15) is 26.7 Å². The van der Waals surface area contributed by atoms with Gasteiger partial charge in [-0.25, -0.2) is 18.1 Å². The van der Waals surface area contributed by atoms with E-state index in [9.17, 15) is 8.42 Å². The lowest BCUT2D eigenvalue weighted by Gasteiger charge is -2.30. The molecule has 1 aromatic heterocycles. The monoisotopic (exact) mass is 282 g/mol. The SMILES string of the molecule is CCC(CC)(CN)NS(=O)(=O)c1cnc[nH]1.Cl. The van der Waals surface area contributed by atoms with Crippen LogP contribution in [0, 0.1) is 0 Å². The molecule has 0 atom stereocenters. The van der Waals surface area contributed by atoms with Crippen LogP contribution in [0.15, 0.2) is 17.6 Å². The number of nitrogens with one attached hydrogen (secondary N) is 2. The Bertz CT molecular complexity index is 406. The molecule has 0 saturated heterocycles. The zero-order chi connectivity index (χ0) is 12.2. The van der Waals surface area contributed by atoms with Crippen LogP contribution in [0.5, 0.6) is 0 Å². The third-order valence-corrected chi connectivity index (χ3v) is 4.36. The van der Waals surface area contributed by atoms with Gasteiger partial charge in [-0.15, -0.1) is 12.4 Å². The lowest BCUT2D eigenvalue weighted by Crippen LogP contribution is -2.52. The van der Waals surface area contributed by atoms with Crippen molar-refractivity contribution in [3.63, 3.8) is 0 Å². The Morgan fingerprint density at radius 3 is 2.41 bits per heavy atom. The lowest BCUT2D eigenvalue weighted by atomic mass is 9.95. The summed E-state index contributed by atoms with van der Waals surface area (Å²) in [4.78, 5) is 6.26. The molecule has 0 bridgehead atoms. The standard InChI is InChI=1S/C9H18N4O2S.ClH/c1-3-9(4-2,6-10)13-16(14,15)8-5-11-7-12-8;/h5,7,13H,3-4,6,10H2,1-2H3,(H,11,12);1H. The van der Waals surface area contributed by atoms with Gasteiger partial charge in [0.2, 0.25) is 0 Å². The number of imidazole rings is 1. The minimum Gasteiger partial charge on any atom is -0.335 e. The van der Waals surface area contributed by atoms with Gasteiger partial charge in [-0.1, -0.05) is 13.8 Å². The molecule has 0 amide bonds. The van der Waals surface area contributed by atoms with Crippen LogP contribution in [-0.2, 0) is 10.0 Å². The number of aromatic nitrogens is 2. The molecular formula is C9H19ClN4O2S. The number of nitrogens with two attached hydrogens (primary N) is 1. The molecule has 1 rings (SSSR count). The fraction of sp³-hybridized carbons (Fsp3) is 0.667. The van der Waals surface area contributed by atoms with Crippen LogP contribution < -0.4 is 10.5 Å². The molecule has 8 heteroatoms. The van der Waals surface area contributed by atoms with Gasteiger partial charge in [-0.3, -0.25) is 0 Å². The number of hydrogen-bond acceptors (Lipinski definition) is 4. The minimum absolute atomic E-state index is 0. The zero-order valence-corrected chi connectivity index (χ0v) is 11.6. The Morgan fingerprint density at radius 2 is 2.06 bits per heavy atom. The van der Waals surface area contributed by atoms with E-state index in [4.69, 9.17) is 5.73 Å². The van der Waals surface area contributed by atoms with Crippen molar-refractivity contribution < 1.29 is 8.42 Å². The summed E-state index contributed by atoms with van der Waals surface area (Å²) in [5, 5.41) is 0.0622. The molecule has 0 aliphatic heterocycles. The maximum absolute atomic E-state index is 11.9. The van der Waals surface area contributed by atoms with E-state index < -0.39 is 15.6 Å². The minimum atomic E-state index is -3.56. The van der Waals surface area contributed by atoms with Crippen LogP contribution in [0.2, 0.25) is 0 Å². The maximum Gasteiger partial charge on any atom is 0.258 e. The van der Waals surface area contributed by atoms with Crippen LogP contribution >= 0.6 is 12.4 Å². The average Bonchev–Trinajstić information content (AvgIpc) is 2.80. The van der Waals surface area contributed by atoms with Gasteiger partial charge < -0.3 is 10.7 Å². The molecule has 1 aromatic rings. The number of halogens is 1. The van der Waals surface area contributed by atoms with Gasteiger partial charge in [0.15, 0.2) is 5.03 Å². The molecule has 0 aliphatic rings. The summed E-state index contributed by atoms with van der Waals surface area (Å²) in [6, 6.07) is 0. The fourth-order valence-corrected chi connectivity index (χ4v) is 2.91. The summed E-state index contributed by atoms with van der Waals surface area (Å²) in [5.41, 5.74) is 5.06. The van der Waals surface area contributed by atoms with Crippen LogP contribution in [0.4, 0.5) is 0 Å². The van der Waals surface area contributed by atoms with Crippen molar-refractivity contribution in [3.05, 3.63) is 12.5 Å². The van der Waals surface area contributed by atoms with Crippen LogP contribution in [0.25, 0.3) is 0 Å². The van der Waals surface area contributed by atoms with E-state index in [1.165, 1.54) is 12.5 Å². The predicted molar refractivity (Wildman–Crippen MR) is 68.5 cm³/mol. The van der Waals surface area contributed by atoms with E-state index in [0.717, 1.165) is 0 Å². The smallest absolute Gasteiger partial charge is 0.258 e. The first-order valence-electron chi connectivity index (χ1n) is 5.22. The van der Waals surface area contributed by atoms with Gasteiger partial charge in [0.25, 0.3) is 10.0 Å². The highest BCUT2D eigenvalue weighted by atomic mass is 35.5. The first-order valence-corrected chi connectivity index (χ1v) is 6.70. The highest BCUT2D eigenvalue weighted by molar-refractivity contribution is 7.89. The van der Waals surface area contributed by atoms with Gasteiger partial charge in [-0.05, 0) is 12.8 Å². The summed E-state index contributed by atoms with van der Waals surface area (Å²) in [7, 11) is -3.56. The molecule has 0 saturated carbocycles. The molecule has 0 spiro atoms. The van der Waals surface area contributed by atoms with Crippen molar-refractivity contribution in [1.82, 2.24) is 14.7 Å². The number of rotatable bonds is 6. The summed E-state index contributed by atoms with van der Waals surface area (Å²) in [6.07, 6.45) is 3.90. The molecule has 17 heavy (non-hydrogen) atoms. The van der Waals surface area contributed by atoms with Crippen LogP contribution in [-0.4, -0.2) is 30.5 Å². The van der Waals surface area contributed by atoms with Gasteiger partial charge in [0.05, 0.1) is 12.5 Å². The molecule has 6 nitrogen and oxygen atoms in total. The Balaban J connectivity index is 0.00000256. The number of H-pyrrole nitrogens is 1. The third kappa shape index (κ3) is 3.67. The molecule has 0 fully saturated rings. The predicted octanol–water partition coefficient (Wildman–Crippen LogP) is 0.627. The molecule has 0 aromatic carbocycles. The first kappa shape index (κ1) is 16.4. The summed E-state index contributed by atoms with van der Waals surface area (Å²) < 4.78 is 26.5. The Kier molecular flexibility index (Phi) is 6.11. The number of aromatic amines is 1. The Labute approximate surface area is 108 Å². The quantitative estimate of drug-likeness (QED) is 0.712. The van der Waals surface area contributed by atoms with E-state index >= 15 is 0 Å². The van der Waals surface area contributed by atoms with Crippen molar-refractivity contribution in [2.45, 2.75) is 37.3 Å². The molecule has 0 radical (unpaired) electrons.